The van der Waals surface area contributed by atoms with Crippen LogP contribution >= 0.6 is 11.8 Å². The molecule has 2 aromatic rings. The highest BCUT2D eigenvalue weighted by Gasteiger charge is 2.26. The Labute approximate surface area is 149 Å². The van der Waals surface area contributed by atoms with E-state index in [9.17, 15) is 13.6 Å². The molecule has 1 aliphatic carbocycles. The molecule has 0 aliphatic heterocycles. The van der Waals surface area contributed by atoms with Crippen molar-refractivity contribution in [3.8, 4) is 0 Å². The molecule has 0 unspecified atom stereocenters. The fraction of sp³-hybridized carbons (Fsp3) is 0.529. The summed E-state index contributed by atoms with van der Waals surface area (Å²) in [5, 5.41) is 4.38. The molecule has 0 saturated heterocycles. The maximum Gasteiger partial charge on any atom is 0.319 e. The minimum absolute atomic E-state index is 0.0250. The summed E-state index contributed by atoms with van der Waals surface area (Å²) in [4.78, 5) is 16.7. The number of halogens is 2. The summed E-state index contributed by atoms with van der Waals surface area (Å²) in [6, 6.07) is 3.04. The van der Waals surface area contributed by atoms with Crippen molar-refractivity contribution in [1.29, 1.82) is 0 Å². The van der Waals surface area contributed by atoms with Gasteiger partial charge in [-0.25, -0.2) is 4.98 Å². The van der Waals surface area contributed by atoms with Crippen molar-refractivity contribution >= 4 is 17.7 Å². The Morgan fingerprint density at radius 3 is 2.64 bits per heavy atom. The van der Waals surface area contributed by atoms with Gasteiger partial charge in [0.2, 0.25) is 0 Å². The highest BCUT2D eigenvalue weighted by atomic mass is 32.2. The first kappa shape index (κ1) is 18.0. The second-order valence-electron chi connectivity index (χ2n) is 6.39. The zero-order valence-corrected chi connectivity index (χ0v) is 15.1. The van der Waals surface area contributed by atoms with E-state index in [0.29, 0.717) is 10.9 Å². The highest BCUT2D eigenvalue weighted by Crippen LogP contribution is 2.32. The molecule has 2 aromatic heterocycles. The smallest absolute Gasteiger partial charge is 0.319 e. The summed E-state index contributed by atoms with van der Waals surface area (Å²) < 4.78 is 29.0. The van der Waals surface area contributed by atoms with Crippen LogP contribution in [-0.2, 0) is 7.05 Å². The molecule has 8 heteroatoms. The molecule has 5 nitrogen and oxygen atoms in total. The summed E-state index contributed by atoms with van der Waals surface area (Å²) in [6.07, 6.45) is 7.35. The zero-order chi connectivity index (χ0) is 18.0. The maximum atomic E-state index is 13.1. The van der Waals surface area contributed by atoms with Crippen LogP contribution in [0.4, 0.5) is 8.78 Å². The van der Waals surface area contributed by atoms with Gasteiger partial charge in [-0.1, -0.05) is 11.8 Å². The van der Waals surface area contributed by atoms with Crippen molar-refractivity contribution in [3.63, 3.8) is 0 Å². The lowest BCUT2D eigenvalue weighted by Crippen LogP contribution is -2.39. The molecule has 0 radical (unpaired) electrons. The lowest BCUT2D eigenvalue weighted by atomic mass is 9.95. The summed E-state index contributed by atoms with van der Waals surface area (Å²) in [5.74, 6) is -0.423. The third kappa shape index (κ3) is 4.05. The average Bonchev–Trinajstić information content (AvgIpc) is 3.15. The number of hydrogen-bond donors (Lipinski definition) is 1. The predicted molar refractivity (Wildman–Crippen MR) is 93.0 cm³/mol. The minimum Gasteiger partial charge on any atom is -0.348 e. The van der Waals surface area contributed by atoms with Gasteiger partial charge in [0.15, 0.2) is 5.16 Å². The van der Waals surface area contributed by atoms with E-state index in [-0.39, 0.29) is 11.7 Å². The number of carbonyl (C=O) groups excluding carboxylic acids is 1. The first-order valence-electron chi connectivity index (χ1n) is 8.36. The number of thioether (sulfide) groups is 1. The molecule has 1 amide bonds. The van der Waals surface area contributed by atoms with E-state index in [4.69, 9.17) is 0 Å². The van der Waals surface area contributed by atoms with E-state index in [1.165, 1.54) is 6.07 Å². The Morgan fingerprint density at radius 2 is 2.04 bits per heavy atom. The summed E-state index contributed by atoms with van der Waals surface area (Å²) in [7, 11) is 1.97. The standard InChI is InChI=1S/C17H22F2N4OS/c1-11-3-8-14(23(11)16(18)19)15(24)21-12-4-6-13(7-5-12)25-17-20-9-10-22(17)2/h3,8-10,12-13,16H,4-7H2,1-2H3,(H,21,24). The van der Waals surface area contributed by atoms with Crippen LogP contribution in [-0.4, -0.2) is 31.3 Å². The van der Waals surface area contributed by atoms with E-state index in [1.54, 1.807) is 30.9 Å². The molecule has 1 N–H and O–H groups in total. The first-order valence-corrected chi connectivity index (χ1v) is 9.24. The number of carbonyl (C=O) groups is 1. The van der Waals surface area contributed by atoms with Crippen LogP contribution in [0.1, 0.15) is 48.4 Å². The van der Waals surface area contributed by atoms with Gasteiger partial charge in [0.25, 0.3) is 5.91 Å². The Balaban J connectivity index is 1.54. The Morgan fingerprint density at radius 1 is 1.32 bits per heavy atom. The van der Waals surface area contributed by atoms with Crippen molar-refractivity contribution in [2.45, 2.75) is 55.6 Å². The second-order valence-corrected chi connectivity index (χ2v) is 7.66. The monoisotopic (exact) mass is 368 g/mol. The van der Waals surface area contributed by atoms with Crippen molar-refractivity contribution in [2.24, 2.45) is 7.05 Å². The van der Waals surface area contributed by atoms with E-state index < -0.39 is 12.5 Å². The number of aryl methyl sites for hydroxylation is 2. The van der Waals surface area contributed by atoms with Gasteiger partial charge in [-0.15, -0.1) is 0 Å². The van der Waals surface area contributed by atoms with Gasteiger partial charge < -0.3 is 9.88 Å². The van der Waals surface area contributed by atoms with Crippen LogP contribution in [0, 0.1) is 6.92 Å². The van der Waals surface area contributed by atoms with Gasteiger partial charge in [-0.2, -0.15) is 8.78 Å². The fourth-order valence-electron chi connectivity index (χ4n) is 3.19. The number of rotatable bonds is 5. The summed E-state index contributed by atoms with van der Waals surface area (Å²) >= 11 is 1.76. The van der Waals surface area contributed by atoms with Crippen LogP contribution in [0.2, 0.25) is 0 Å². The topological polar surface area (TPSA) is 51.9 Å². The molecule has 1 aliphatic rings. The third-order valence-electron chi connectivity index (χ3n) is 4.61. The number of hydrogen-bond acceptors (Lipinski definition) is 3. The minimum atomic E-state index is -2.71. The largest absolute Gasteiger partial charge is 0.348 e. The molecule has 1 fully saturated rings. The maximum absolute atomic E-state index is 13.1. The molecule has 136 valence electrons. The van der Waals surface area contributed by atoms with E-state index in [2.05, 4.69) is 10.3 Å². The van der Waals surface area contributed by atoms with Crippen LogP contribution in [0.15, 0.2) is 29.7 Å². The average molecular weight is 368 g/mol. The van der Waals surface area contributed by atoms with Crippen molar-refractivity contribution in [3.05, 3.63) is 35.9 Å². The van der Waals surface area contributed by atoms with E-state index >= 15 is 0 Å². The molecule has 0 spiro atoms. The fourth-order valence-corrected chi connectivity index (χ4v) is 4.35. The van der Waals surface area contributed by atoms with Crippen LogP contribution in [0.3, 0.4) is 0 Å². The first-order chi connectivity index (χ1) is 12.0. The number of nitrogens with one attached hydrogen (secondary N) is 1. The lowest BCUT2D eigenvalue weighted by Gasteiger charge is -2.28. The quantitative estimate of drug-likeness (QED) is 0.874. The summed E-state index contributed by atoms with van der Waals surface area (Å²) in [5.41, 5.74) is 0.410. The Hall–Kier alpha value is -1.83. The van der Waals surface area contributed by atoms with Gasteiger partial charge in [0.1, 0.15) is 5.69 Å². The normalized spacial score (nSPS) is 20.8. The zero-order valence-electron chi connectivity index (χ0n) is 14.3. The highest BCUT2D eigenvalue weighted by molar-refractivity contribution is 7.99. The predicted octanol–water partition coefficient (Wildman–Crippen LogP) is 3.76. The number of amides is 1. The lowest BCUT2D eigenvalue weighted by molar-refractivity contribution is 0.0612. The Kier molecular flexibility index (Phi) is 5.46. The van der Waals surface area contributed by atoms with Crippen LogP contribution in [0.5, 0.6) is 0 Å². The Bertz CT molecular complexity index is 735. The molecule has 25 heavy (non-hydrogen) atoms. The van der Waals surface area contributed by atoms with E-state index in [1.807, 2.05) is 17.8 Å². The van der Waals surface area contributed by atoms with Gasteiger partial charge >= 0.3 is 6.55 Å². The molecule has 3 rings (SSSR count). The van der Waals surface area contributed by atoms with Crippen LogP contribution < -0.4 is 5.32 Å². The molecular formula is C17H22F2N4OS. The second kappa shape index (κ2) is 7.59. The number of nitrogens with zero attached hydrogens (tertiary/aromatic N) is 3. The van der Waals surface area contributed by atoms with Crippen molar-refractivity contribution < 1.29 is 13.6 Å². The van der Waals surface area contributed by atoms with Crippen molar-refractivity contribution in [2.75, 3.05) is 0 Å². The molecule has 2 heterocycles. The molecule has 0 aromatic carbocycles. The molecular weight excluding hydrogens is 346 g/mol. The molecule has 0 bridgehead atoms. The van der Waals surface area contributed by atoms with Gasteiger partial charge in [-0.3, -0.25) is 9.36 Å². The van der Waals surface area contributed by atoms with Crippen LogP contribution in [0.25, 0.3) is 0 Å². The third-order valence-corrected chi connectivity index (χ3v) is 6.02. The molecule has 1 saturated carbocycles. The number of aromatic nitrogens is 3. The van der Waals surface area contributed by atoms with Gasteiger partial charge in [0.05, 0.1) is 0 Å². The summed E-state index contributed by atoms with van der Waals surface area (Å²) in [6.45, 7) is -1.14. The van der Waals surface area contributed by atoms with E-state index in [0.717, 1.165) is 35.4 Å². The SMILES string of the molecule is Cc1ccc(C(=O)NC2CCC(Sc3nccn3C)CC2)n1C(F)F. The van der Waals surface area contributed by atoms with Crippen molar-refractivity contribution in [1.82, 2.24) is 19.4 Å². The number of imidazole rings is 1. The molecule has 0 atom stereocenters. The van der Waals surface area contributed by atoms with Gasteiger partial charge in [-0.05, 0) is 44.7 Å². The van der Waals surface area contributed by atoms with Gasteiger partial charge in [0, 0.05) is 36.4 Å². The number of alkyl halides is 2.